The maximum absolute atomic E-state index is 6.41. The smallest absolute Gasteiger partial charge is 0.138 e. The van der Waals surface area contributed by atoms with Crippen LogP contribution in [0.2, 0.25) is 5.02 Å². The summed E-state index contributed by atoms with van der Waals surface area (Å²) in [6, 6.07) is 6.35. The molecule has 0 saturated carbocycles. The van der Waals surface area contributed by atoms with E-state index in [2.05, 4.69) is 35.5 Å². The molecule has 0 aromatic heterocycles. The van der Waals surface area contributed by atoms with Crippen LogP contribution < -0.4 is 10.1 Å². The molecular formula is C16H23ClN2O. The van der Waals surface area contributed by atoms with Crippen molar-refractivity contribution in [3.8, 4) is 5.75 Å². The third-order valence-corrected chi connectivity index (χ3v) is 4.70. The van der Waals surface area contributed by atoms with Crippen LogP contribution >= 0.6 is 11.6 Å². The first-order chi connectivity index (χ1) is 9.72. The van der Waals surface area contributed by atoms with Crippen LogP contribution in [0.3, 0.4) is 0 Å². The summed E-state index contributed by atoms with van der Waals surface area (Å²) in [4.78, 5) is 2.29. The zero-order valence-electron chi connectivity index (χ0n) is 12.1. The van der Waals surface area contributed by atoms with E-state index in [-0.39, 0.29) is 6.10 Å². The number of rotatable bonds is 3. The number of nitrogens with zero attached hydrogens (tertiary/aromatic N) is 1. The van der Waals surface area contributed by atoms with E-state index in [1.807, 2.05) is 0 Å². The summed E-state index contributed by atoms with van der Waals surface area (Å²) in [5.74, 6) is 1.48. The van der Waals surface area contributed by atoms with E-state index in [9.17, 15) is 0 Å². The Morgan fingerprint density at radius 3 is 2.70 bits per heavy atom. The summed E-state index contributed by atoms with van der Waals surface area (Å²) >= 11 is 6.41. The van der Waals surface area contributed by atoms with E-state index in [0.717, 1.165) is 43.4 Å². The highest BCUT2D eigenvalue weighted by atomic mass is 35.5. The van der Waals surface area contributed by atoms with Gasteiger partial charge >= 0.3 is 0 Å². The van der Waals surface area contributed by atoms with Gasteiger partial charge in [-0.1, -0.05) is 17.7 Å². The molecule has 3 rings (SSSR count). The van der Waals surface area contributed by atoms with Crippen molar-refractivity contribution in [2.24, 2.45) is 0 Å². The number of hydrogen-bond donors (Lipinski definition) is 1. The van der Waals surface area contributed by atoms with Crippen LogP contribution in [0.5, 0.6) is 5.75 Å². The predicted molar refractivity (Wildman–Crippen MR) is 82.8 cm³/mol. The summed E-state index contributed by atoms with van der Waals surface area (Å²) in [6.07, 6.45) is 3.76. The second-order valence-corrected chi connectivity index (χ2v) is 6.41. The first-order valence-corrected chi connectivity index (χ1v) is 7.95. The standard InChI is InChI=1S/C16H23ClN2O/c1-19-9-6-14(11-19)20-16-3-2-13(10-15(16)17)12-4-7-18-8-5-12/h2-3,10,12,14,18H,4-9,11H2,1H3. The zero-order chi connectivity index (χ0) is 13.9. The van der Waals surface area contributed by atoms with Gasteiger partial charge in [0.1, 0.15) is 11.9 Å². The SMILES string of the molecule is CN1CCC(Oc2ccc(C3CCNCC3)cc2Cl)C1. The van der Waals surface area contributed by atoms with E-state index >= 15 is 0 Å². The van der Waals surface area contributed by atoms with Crippen LogP contribution in [-0.4, -0.2) is 44.2 Å². The van der Waals surface area contributed by atoms with Crippen molar-refractivity contribution in [1.82, 2.24) is 10.2 Å². The lowest BCUT2D eigenvalue weighted by atomic mass is 9.90. The molecule has 0 aliphatic carbocycles. The Kier molecular flexibility index (Phi) is 4.49. The number of halogens is 1. The molecule has 0 amide bonds. The fourth-order valence-corrected chi connectivity index (χ4v) is 3.43. The van der Waals surface area contributed by atoms with Crippen LogP contribution in [0.15, 0.2) is 18.2 Å². The topological polar surface area (TPSA) is 24.5 Å². The van der Waals surface area contributed by atoms with E-state index < -0.39 is 0 Å². The second kappa shape index (κ2) is 6.33. The highest BCUT2D eigenvalue weighted by Crippen LogP contribution is 2.33. The normalized spacial score (nSPS) is 25.0. The van der Waals surface area contributed by atoms with Crippen molar-refractivity contribution < 1.29 is 4.74 Å². The molecule has 2 aliphatic heterocycles. The van der Waals surface area contributed by atoms with Gasteiger partial charge in [0, 0.05) is 13.1 Å². The summed E-state index contributed by atoms with van der Waals surface area (Å²) in [5, 5.41) is 4.16. The van der Waals surface area contributed by atoms with Crippen molar-refractivity contribution >= 4 is 11.6 Å². The van der Waals surface area contributed by atoms with Crippen LogP contribution in [0.1, 0.15) is 30.7 Å². The minimum absolute atomic E-state index is 0.280. The Bertz CT molecular complexity index is 460. The predicted octanol–water partition coefficient (Wildman–Crippen LogP) is 2.89. The van der Waals surface area contributed by atoms with E-state index in [4.69, 9.17) is 16.3 Å². The molecule has 1 aromatic carbocycles. The number of likely N-dealkylation sites (tertiary alicyclic amines) is 1. The Labute approximate surface area is 126 Å². The quantitative estimate of drug-likeness (QED) is 0.928. The van der Waals surface area contributed by atoms with Gasteiger partial charge in [0.15, 0.2) is 0 Å². The number of benzene rings is 1. The molecule has 2 aliphatic rings. The van der Waals surface area contributed by atoms with Gasteiger partial charge in [0.2, 0.25) is 0 Å². The number of nitrogens with one attached hydrogen (secondary N) is 1. The van der Waals surface area contributed by atoms with Gasteiger partial charge < -0.3 is 15.0 Å². The number of ether oxygens (including phenoxy) is 1. The van der Waals surface area contributed by atoms with Gasteiger partial charge in [-0.25, -0.2) is 0 Å². The zero-order valence-corrected chi connectivity index (χ0v) is 12.8. The highest BCUT2D eigenvalue weighted by Gasteiger charge is 2.22. The summed E-state index contributed by atoms with van der Waals surface area (Å²) in [5.41, 5.74) is 1.35. The molecule has 0 spiro atoms. The lowest BCUT2D eigenvalue weighted by Crippen LogP contribution is -2.26. The Hall–Kier alpha value is -0.770. The Morgan fingerprint density at radius 2 is 2.05 bits per heavy atom. The van der Waals surface area contributed by atoms with Crippen LogP contribution in [0, 0.1) is 0 Å². The van der Waals surface area contributed by atoms with Gasteiger partial charge in [0.05, 0.1) is 5.02 Å². The van der Waals surface area contributed by atoms with Gasteiger partial charge in [-0.05, 0) is 63.0 Å². The number of piperidine rings is 1. The van der Waals surface area contributed by atoms with Crippen LogP contribution in [0.25, 0.3) is 0 Å². The van der Waals surface area contributed by atoms with Crippen molar-refractivity contribution in [1.29, 1.82) is 0 Å². The van der Waals surface area contributed by atoms with E-state index in [0.29, 0.717) is 5.92 Å². The molecule has 1 atom stereocenters. The minimum Gasteiger partial charge on any atom is -0.487 e. The Balaban J connectivity index is 1.67. The van der Waals surface area contributed by atoms with Crippen molar-refractivity contribution in [2.45, 2.75) is 31.3 Å². The van der Waals surface area contributed by atoms with Gasteiger partial charge in [-0.2, -0.15) is 0 Å². The van der Waals surface area contributed by atoms with Crippen LogP contribution in [-0.2, 0) is 0 Å². The molecule has 3 nitrogen and oxygen atoms in total. The largest absolute Gasteiger partial charge is 0.487 e. The molecule has 1 unspecified atom stereocenters. The van der Waals surface area contributed by atoms with E-state index in [1.165, 1.54) is 18.4 Å². The van der Waals surface area contributed by atoms with Gasteiger partial charge in [-0.3, -0.25) is 0 Å². The highest BCUT2D eigenvalue weighted by molar-refractivity contribution is 6.32. The average molecular weight is 295 g/mol. The molecule has 2 saturated heterocycles. The molecule has 0 radical (unpaired) electrons. The third-order valence-electron chi connectivity index (χ3n) is 4.41. The number of likely N-dealkylation sites (N-methyl/N-ethyl adjacent to an activating group) is 1. The average Bonchev–Trinajstić information content (AvgIpc) is 2.87. The molecule has 20 heavy (non-hydrogen) atoms. The lowest BCUT2D eigenvalue weighted by molar-refractivity contribution is 0.208. The molecule has 0 bridgehead atoms. The number of hydrogen-bond acceptors (Lipinski definition) is 3. The monoisotopic (exact) mass is 294 g/mol. The fourth-order valence-electron chi connectivity index (χ4n) is 3.19. The molecule has 110 valence electrons. The summed E-state index contributed by atoms with van der Waals surface area (Å²) in [6.45, 7) is 4.31. The summed E-state index contributed by atoms with van der Waals surface area (Å²) < 4.78 is 6.03. The molecule has 4 heteroatoms. The fraction of sp³-hybridized carbons (Fsp3) is 0.625. The molecule has 1 N–H and O–H groups in total. The van der Waals surface area contributed by atoms with Crippen LogP contribution in [0.4, 0.5) is 0 Å². The first-order valence-electron chi connectivity index (χ1n) is 7.58. The maximum Gasteiger partial charge on any atom is 0.138 e. The van der Waals surface area contributed by atoms with Crippen molar-refractivity contribution in [3.63, 3.8) is 0 Å². The van der Waals surface area contributed by atoms with Crippen molar-refractivity contribution in [2.75, 3.05) is 33.2 Å². The van der Waals surface area contributed by atoms with Gasteiger partial charge in [0.25, 0.3) is 0 Å². The van der Waals surface area contributed by atoms with Crippen molar-refractivity contribution in [3.05, 3.63) is 28.8 Å². The molecule has 1 aromatic rings. The molecule has 2 fully saturated rings. The minimum atomic E-state index is 0.280. The summed E-state index contributed by atoms with van der Waals surface area (Å²) in [7, 11) is 2.13. The van der Waals surface area contributed by atoms with E-state index in [1.54, 1.807) is 0 Å². The first kappa shape index (κ1) is 14.2. The Morgan fingerprint density at radius 1 is 1.25 bits per heavy atom. The maximum atomic E-state index is 6.41. The third kappa shape index (κ3) is 3.27. The molecular weight excluding hydrogens is 272 g/mol. The second-order valence-electron chi connectivity index (χ2n) is 6.00. The lowest BCUT2D eigenvalue weighted by Gasteiger charge is -2.23. The van der Waals surface area contributed by atoms with Gasteiger partial charge in [-0.15, -0.1) is 0 Å². The molecule has 2 heterocycles.